The van der Waals surface area contributed by atoms with Gasteiger partial charge < -0.3 is 14.7 Å². The molecule has 0 atom stereocenters. The summed E-state index contributed by atoms with van der Waals surface area (Å²) < 4.78 is 6.55. The molecular formula is C12H21N3O3. The van der Waals surface area contributed by atoms with Crippen molar-refractivity contribution < 1.29 is 14.6 Å². The summed E-state index contributed by atoms with van der Waals surface area (Å²) in [5.74, 6) is -0.129. The predicted molar refractivity (Wildman–Crippen MR) is 67.5 cm³/mol. The summed E-state index contributed by atoms with van der Waals surface area (Å²) in [5, 5.41) is 13.2. The molecule has 1 aromatic rings. The first-order valence-electron chi connectivity index (χ1n) is 6.06. The third-order valence-electron chi connectivity index (χ3n) is 2.73. The summed E-state index contributed by atoms with van der Waals surface area (Å²) in [6.45, 7) is 3.14. The van der Waals surface area contributed by atoms with Gasteiger partial charge in [0.15, 0.2) is 0 Å². The molecule has 1 aromatic heterocycles. The molecule has 0 radical (unpaired) electrons. The highest BCUT2D eigenvalue weighted by atomic mass is 16.5. The lowest BCUT2D eigenvalue weighted by atomic mass is 10.3. The van der Waals surface area contributed by atoms with Gasteiger partial charge in [-0.2, -0.15) is 5.10 Å². The maximum absolute atomic E-state index is 12.3. The van der Waals surface area contributed by atoms with E-state index in [4.69, 9.17) is 9.84 Å². The summed E-state index contributed by atoms with van der Waals surface area (Å²) in [6, 6.07) is 1.79. The fraction of sp³-hybridized carbons (Fsp3) is 0.667. The van der Waals surface area contributed by atoms with Gasteiger partial charge in [-0.15, -0.1) is 0 Å². The molecule has 0 aliphatic carbocycles. The van der Waals surface area contributed by atoms with Crippen molar-refractivity contribution in [1.82, 2.24) is 14.7 Å². The molecule has 6 nitrogen and oxygen atoms in total. The van der Waals surface area contributed by atoms with Gasteiger partial charge in [0.05, 0.1) is 18.9 Å². The number of methoxy groups -OCH3 is 1. The van der Waals surface area contributed by atoms with Crippen molar-refractivity contribution >= 4 is 5.91 Å². The van der Waals surface area contributed by atoms with Gasteiger partial charge in [0.25, 0.3) is 5.91 Å². The van der Waals surface area contributed by atoms with E-state index in [-0.39, 0.29) is 12.5 Å². The Kier molecular flexibility index (Phi) is 5.80. The zero-order chi connectivity index (χ0) is 13.5. The average molecular weight is 255 g/mol. The van der Waals surface area contributed by atoms with Gasteiger partial charge in [0, 0.05) is 27.2 Å². The van der Waals surface area contributed by atoms with Crippen LogP contribution in [0.1, 0.15) is 23.1 Å². The molecule has 0 fully saturated rings. The topological polar surface area (TPSA) is 67.6 Å². The summed E-state index contributed by atoms with van der Waals surface area (Å²) in [7, 11) is 3.33. The van der Waals surface area contributed by atoms with E-state index >= 15 is 0 Å². The number of carbonyl (C=O) groups excluding carboxylic acids is 1. The third-order valence-corrected chi connectivity index (χ3v) is 2.73. The average Bonchev–Trinajstić information content (AvgIpc) is 2.75. The van der Waals surface area contributed by atoms with Crippen LogP contribution in [-0.4, -0.2) is 59.1 Å². The molecule has 0 saturated carbocycles. The Morgan fingerprint density at radius 1 is 1.56 bits per heavy atom. The molecule has 1 heterocycles. The first kappa shape index (κ1) is 14.7. The minimum absolute atomic E-state index is 0.0616. The predicted octanol–water partition coefficient (Wildman–Crippen LogP) is 0.0634. The molecule has 0 bridgehead atoms. The second-order valence-electron chi connectivity index (χ2n) is 4.01. The molecule has 0 unspecified atom stereocenters. The number of nitrogens with zero attached hydrogens (tertiary/aromatic N) is 3. The van der Waals surface area contributed by atoms with Crippen LogP contribution in [0.15, 0.2) is 6.07 Å². The molecule has 1 amide bonds. The SMILES string of the molecule is CCc1cc(C(=O)N(CCO)CCOC)n(C)n1. The van der Waals surface area contributed by atoms with Gasteiger partial charge in [0.2, 0.25) is 0 Å². The molecular weight excluding hydrogens is 234 g/mol. The van der Waals surface area contributed by atoms with Crippen LogP contribution in [0.25, 0.3) is 0 Å². The van der Waals surface area contributed by atoms with E-state index in [2.05, 4.69) is 5.10 Å². The Balaban J connectivity index is 2.83. The molecule has 1 rings (SSSR count). The molecule has 0 spiro atoms. The quantitative estimate of drug-likeness (QED) is 0.748. The molecule has 0 aromatic carbocycles. The van der Waals surface area contributed by atoms with Gasteiger partial charge in [-0.3, -0.25) is 9.48 Å². The van der Waals surface area contributed by atoms with Gasteiger partial charge >= 0.3 is 0 Å². The first-order chi connectivity index (χ1) is 8.63. The molecule has 18 heavy (non-hydrogen) atoms. The number of aliphatic hydroxyl groups excluding tert-OH is 1. The lowest BCUT2D eigenvalue weighted by Crippen LogP contribution is -2.37. The fourth-order valence-electron chi connectivity index (χ4n) is 1.70. The van der Waals surface area contributed by atoms with Crippen molar-refractivity contribution in [3.63, 3.8) is 0 Å². The number of aliphatic hydroxyl groups is 1. The van der Waals surface area contributed by atoms with Crippen molar-refractivity contribution in [3.8, 4) is 0 Å². The highest BCUT2D eigenvalue weighted by Gasteiger charge is 2.19. The van der Waals surface area contributed by atoms with Gasteiger partial charge in [0.1, 0.15) is 5.69 Å². The van der Waals surface area contributed by atoms with E-state index < -0.39 is 0 Å². The Hall–Kier alpha value is -1.40. The smallest absolute Gasteiger partial charge is 0.272 e. The fourth-order valence-corrected chi connectivity index (χ4v) is 1.70. The maximum Gasteiger partial charge on any atom is 0.272 e. The number of amides is 1. The third kappa shape index (κ3) is 3.54. The first-order valence-corrected chi connectivity index (χ1v) is 6.06. The molecule has 0 saturated heterocycles. The largest absolute Gasteiger partial charge is 0.395 e. The molecule has 0 aliphatic rings. The van der Waals surface area contributed by atoms with Crippen molar-refractivity contribution in [2.24, 2.45) is 7.05 Å². The van der Waals surface area contributed by atoms with Crippen molar-refractivity contribution in [1.29, 1.82) is 0 Å². The van der Waals surface area contributed by atoms with Crippen LogP contribution < -0.4 is 0 Å². The Morgan fingerprint density at radius 2 is 2.28 bits per heavy atom. The van der Waals surface area contributed by atoms with E-state index in [0.717, 1.165) is 12.1 Å². The summed E-state index contributed by atoms with van der Waals surface area (Å²) in [4.78, 5) is 13.9. The van der Waals surface area contributed by atoms with Crippen molar-refractivity contribution in [2.45, 2.75) is 13.3 Å². The summed E-state index contributed by atoms with van der Waals surface area (Å²) in [6.07, 6.45) is 0.791. The van der Waals surface area contributed by atoms with Crippen LogP contribution in [0.4, 0.5) is 0 Å². The van der Waals surface area contributed by atoms with Crippen molar-refractivity contribution in [3.05, 3.63) is 17.5 Å². The zero-order valence-corrected chi connectivity index (χ0v) is 11.2. The van der Waals surface area contributed by atoms with Gasteiger partial charge in [-0.25, -0.2) is 0 Å². The van der Waals surface area contributed by atoms with E-state index in [1.54, 1.807) is 29.8 Å². The number of rotatable bonds is 7. The van der Waals surface area contributed by atoms with Crippen molar-refractivity contribution in [2.75, 3.05) is 33.4 Å². The standard InChI is InChI=1S/C12H21N3O3/c1-4-10-9-11(14(2)13-10)12(17)15(5-7-16)6-8-18-3/h9,16H,4-8H2,1-3H3. The molecule has 102 valence electrons. The van der Waals surface area contributed by atoms with Gasteiger partial charge in [-0.1, -0.05) is 6.92 Å². The van der Waals surface area contributed by atoms with E-state index in [0.29, 0.717) is 25.4 Å². The Bertz CT molecular complexity index is 390. The van der Waals surface area contributed by atoms with E-state index in [9.17, 15) is 4.79 Å². The number of aromatic nitrogens is 2. The number of hydrogen-bond acceptors (Lipinski definition) is 4. The minimum atomic E-state index is -0.129. The van der Waals surface area contributed by atoms with Gasteiger partial charge in [-0.05, 0) is 12.5 Å². The highest BCUT2D eigenvalue weighted by molar-refractivity contribution is 5.92. The number of carbonyl (C=O) groups is 1. The molecule has 6 heteroatoms. The molecule has 0 aliphatic heterocycles. The van der Waals surface area contributed by atoms with Crippen LogP contribution in [0.5, 0.6) is 0 Å². The maximum atomic E-state index is 12.3. The Labute approximate surface area is 107 Å². The van der Waals surface area contributed by atoms with Crippen LogP contribution in [-0.2, 0) is 18.2 Å². The second-order valence-corrected chi connectivity index (χ2v) is 4.01. The summed E-state index contributed by atoms with van der Waals surface area (Å²) >= 11 is 0. The zero-order valence-electron chi connectivity index (χ0n) is 11.2. The number of ether oxygens (including phenoxy) is 1. The number of aryl methyl sites for hydroxylation is 2. The van der Waals surface area contributed by atoms with E-state index in [1.165, 1.54) is 0 Å². The summed E-state index contributed by atoms with van der Waals surface area (Å²) in [5.41, 5.74) is 1.42. The van der Waals surface area contributed by atoms with Crippen LogP contribution in [0.3, 0.4) is 0 Å². The van der Waals surface area contributed by atoms with Crippen LogP contribution >= 0.6 is 0 Å². The minimum Gasteiger partial charge on any atom is -0.395 e. The van der Waals surface area contributed by atoms with Crippen LogP contribution in [0, 0.1) is 0 Å². The number of hydrogen-bond donors (Lipinski definition) is 1. The van der Waals surface area contributed by atoms with Crippen LogP contribution in [0.2, 0.25) is 0 Å². The second kappa shape index (κ2) is 7.13. The van der Waals surface area contributed by atoms with E-state index in [1.807, 2.05) is 6.92 Å². The lowest BCUT2D eigenvalue weighted by Gasteiger charge is -2.21. The highest BCUT2D eigenvalue weighted by Crippen LogP contribution is 2.07. The lowest BCUT2D eigenvalue weighted by molar-refractivity contribution is 0.0646. The monoisotopic (exact) mass is 255 g/mol. The Morgan fingerprint density at radius 3 is 2.78 bits per heavy atom. The normalized spacial score (nSPS) is 10.7. The molecule has 1 N–H and O–H groups in total.